The Balaban J connectivity index is 1.35. The average Bonchev–Trinajstić information content (AvgIpc) is 2.89. The van der Waals surface area contributed by atoms with Gasteiger partial charge in [0.25, 0.3) is 0 Å². The molecule has 1 aliphatic carbocycles. The highest BCUT2D eigenvalue weighted by molar-refractivity contribution is 5.66. The molecule has 0 amide bonds. The fourth-order valence-corrected chi connectivity index (χ4v) is 4.74. The molecule has 0 bridgehead atoms. The average molecular weight is 503 g/mol. The maximum Gasteiger partial charge on any atom is 0.201 e. The van der Waals surface area contributed by atoms with E-state index < -0.39 is 23.3 Å². The predicted octanol–water partition coefficient (Wildman–Crippen LogP) is 8.06. The highest BCUT2D eigenvalue weighted by atomic mass is 19.2. The van der Waals surface area contributed by atoms with Crippen LogP contribution in [0.15, 0.2) is 48.5 Å². The molecule has 3 aromatic carbocycles. The van der Waals surface area contributed by atoms with Crippen LogP contribution in [0.1, 0.15) is 51.0 Å². The maximum atomic E-state index is 14.8. The van der Waals surface area contributed by atoms with Gasteiger partial charge < -0.3 is 14.2 Å². The van der Waals surface area contributed by atoms with Crippen molar-refractivity contribution in [3.63, 3.8) is 0 Å². The smallest absolute Gasteiger partial charge is 0.201 e. The van der Waals surface area contributed by atoms with Gasteiger partial charge >= 0.3 is 0 Å². The SMILES string of the molecule is CCOc1ccc(-c2ccc(OCC3CCC(c4ccc(OCC)c(F)c4F)CC3)c(F)c2F)cc1. The molecule has 3 aromatic rings. The fraction of sp³-hybridized carbons (Fsp3) is 0.379. The molecule has 0 aromatic heterocycles. The lowest BCUT2D eigenvalue weighted by Crippen LogP contribution is -2.20. The first-order valence-electron chi connectivity index (χ1n) is 12.4. The van der Waals surface area contributed by atoms with Gasteiger partial charge in [-0.15, -0.1) is 0 Å². The standard InChI is InChI=1S/C29H30F4O3/c1-3-34-21-11-9-20(10-12-21)23-14-16-25(29(33)27(23)31)36-17-18-5-7-19(8-6-18)22-13-15-24(35-4-2)28(32)26(22)30/h9-16,18-19H,3-8,17H2,1-2H3. The zero-order valence-electron chi connectivity index (χ0n) is 20.5. The van der Waals surface area contributed by atoms with E-state index in [2.05, 4.69) is 0 Å². The first-order valence-corrected chi connectivity index (χ1v) is 12.4. The fourth-order valence-electron chi connectivity index (χ4n) is 4.74. The van der Waals surface area contributed by atoms with Crippen molar-refractivity contribution >= 4 is 0 Å². The zero-order chi connectivity index (χ0) is 25.7. The first-order chi connectivity index (χ1) is 17.4. The van der Waals surface area contributed by atoms with Gasteiger partial charge in [-0.05, 0) is 92.8 Å². The summed E-state index contributed by atoms with van der Waals surface area (Å²) in [6.45, 7) is 4.59. The van der Waals surface area contributed by atoms with Gasteiger partial charge in [0.05, 0.1) is 19.8 Å². The van der Waals surface area contributed by atoms with Crippen LogP contribution in [-0.2, 0) is 0 Å². The van der Waals surface area contributed by atoms with Crippen LogP contribution in [0.3, 0.4) is 0 Å². The van der Waals surface area contributed by atoms with E-state index in [4.69, 9.17) is 14.2 Å². The number of hydrogen-bond acceptors (Lipinski definition) is 3. The molecular weight excluding hydrogens is 472 g/mol. The van der Waals surface area contributed by atoms with E-state index in [-0.39, 0.29) is 42.1 Å². The maximum absolute atomic E-state index is 14.8. The van der Waals surface area contributed by atoms with Gasteiger partial charge in [-0.1, -0.05) is 18.2 Å². The Labute approximate surface area is 209 Å². The minimum atomic E-state index is -1.03. The van der Waals surface area contributed by atoms with Crippen molar-refractivity contribution in [2.24, 2.45) is 5.92 Å². The summed E-state index contributed by atoms with van der Waals surface area (Å²) in [6.07, 6.45) is 2.75. The Morgan fingerprint density at radius 1 is 0.639 bits per heavy atom. The van der Waals surface area contributed by atoms with Gasteiger partial charge in [0.1, 0.15) is 5.75 Å². The molecule has 3 nitrogen and oxygen atoms in total. The summed E-state index contributed by atoms with van der Waals surface area (Å²) < 4.78 is 74.5. The minimum absolute atomic E-state index is 0.0800. The number of rotatable bonds is 9. The molecule has 0 radical (unpaired) electrons. The lowest BCUT2D eigenvalue weighted by molar-refractivity contribution is 0.191. The molecule has 1 saturated carbocycles. The molecule has 0 saturated heterocycles. The second-order valence-corrected chi connectivity index (χ2v) is 8.94. The quantitative estimate of drug-likeness (QED) is 0.277. The van der Waals surface area contributed by atoms with Crippen molar-refractivity contribution < 1.29 is 31.8 Å². The van der Waals surface area contributed by atoms with E-state index in [9.17, 15) is 17.6 Å². The van der Waals surface area contributed by atoms with E-state index >= 15 is 0 Å². The summed E-state index contributed by atoms with van der Waals surface area (Å²) in [6, 6.07) is 12.8. The number of hydrogen-bond donors (Lipinski definition) is 0. The van der Waals surface area contributed by atoms with Crippen LogP contribution >= 0.6 is 0 Å². The van der Waals surface area contributed by atoms with Gasteiger partial charge in [-0.25, -0.2) is 8.78 Å². The zero-order valence-corrected chi connectivity index (χ0v) is 20.5. The van der Waals surface area contributed by atoms with Gasteiger partial charge in [0.2, 0.25) is 11.6 Å². The van der Waals surface area contributed by atoms with Crippen LogP contribution in [0.4, 0.5) is 17.6 Å². The monoisotopic (exact) mass is 502 g/mol. The summed E-state index contributed by atoms with van der Waals surface area (Å²) >= 11 is 0. The second kappa shape index (κ2) is 11.7. The first kappa shape index (κ1) is 25.9. The number of ether oxygens (including phenoxy) is 3. The van der Waals surface area contributed by atoms with Crippen LogP contribution in [0.2, 0.25) is 0 Å². The van der Waals surface area contributed by atoms with E-state index in [0.717, 1.165) is 0 Å². The number of benzene rings is 3. The topological polar surface area (TPSA) is 27.7 Å². The van der Waals surface area contributed by atoms with Crippen molar-refractivity contribution in [3.8, 4) is 28.4 Å². The Morgan fingerprint density at radius 2 is 1.25 bits per heavy atom. The third-order valence-corrected chi connectivity index (χ3v) is 6.66. The highest BCUT2D eigenvalue weighted by Gasteiger charge is 2.27. The Morgan fingerprint density at radius 3 is 1.92 bits per heavy atom. The number of halogens is 4. The molecule has 0 aliphatic heterocycles. The van der Waals surface area contributed by atoms with Crippen LogP contribution in [0.5, 0.6) is 17.2 Å². The molecule has 0 atom stereocenters. The lowest BCUT2D eigenvalue weighted by atomic mass is 9.79. The third kappa shape index (κ3) is 5.61. The van der Waals surface area contributed by atoms with Crippen LogP contribution < -0.4 is 14.2 Å². The second-order valence-electron chi connectivity index (χ2n) is 8.94. The van der Waals surface area contributed by atoms with E-state index in [1.807, 2.05) is 6.92 Å². The molecule has 1 fully saturated rings. The summed E-state index contributed by atoms with van der Waals surface area (Å²) in [5.41, 5.74) is 1.04. The Kier molecular flexibility index (Phi) is 8.39. The lowest BCUT2D eigenvalue weighted by Gasteiger charge is -2.29. The molecule has 0 spiro atoms. The third-order valence-electron chi connectivity index (χ3n) is 6.66. The van der Waals surface area contributed by atoms with Gasteiger partial charge in [0.15, 0.2) is 23.1 Å². The molecular formula is C29H30F4O3. The van der Waals surface area contributed by atoms with Crippen molar-refractivity contribution in [2.75, 3.05) is 19.8 Å². The molecule has 1 aliphatic rings. The molecule has 0 N–H and O–H groups in total. The van der Waals surface area contributed by atoms with Crippen molar-refractivity contribution in [1.82, 2.24) is 0 Å². The van der Waals surface area contributed by atoms with Crippen LogP contribution in [0, 0.1) is 29.2 Å². The van der Waals surface area contributed by atoms with Gasteiger partial charge in [-0.3, -0.25) is 0 Å². The van der Waals surface area contributed by atoms with Crippen molar-refractivity contribution in [2.45, 2.75) is 45.4 Å². The summed E-state index contributed by atoms with van der Waals surface area (Å²) in [7, 11) is 0. The highest BCUT2D eigenvalue weighted by Crippen LogP contribution is 2.39. The molecule has 192 valence electrons. The van der Waals surface area contributed by atoms with Crippen molar-refractivity contribution in [3.05, 3.63) is 77.4 Å². The Hall–Kier alpha value is -3.22. The largest absolute Gasteiger partial charge is 0.494 e. The molecule has 4 rings (SSSR count). The van der Waals surface area contributed by atoms with Crippen LogP contribution in [-0.4, -0.2) is 19.8 Å². The molecule has 0 unspecified atom stereocenters. The van der Waals surface area contributed by atoms with Crippen LogP contribution in [0.25, 0.3) is 11.1 Å². The molecule has 7 heteroatoms. The normalized spacial score (nSPS) is 17.6. The molecule has 0 heterocycles. The minimum Gasteiger partial charge on any atom is -0.494 e. The van der Waals surface area contributed by atoms with E-state index in [0.29, 0.717) is 49.2 Å². The van der Waals surface area contributed by atoms with Crippen molar-refractivity contribution in [1.29, 1.82) is 0 Å². The van der Waals surface area contributed by atoms with E-state index in [1.54, 1.807) is 37.3 Å². The summed E-state index contributed by atoms with van der Waals surface area (Å²) in [4.78, 5) is 0. The van der Waals surface area contributed by atoms with Gasteiger partial charge in [-0.2, -0.15) is 8.78 Å². The van der Waals surface area contributed by atoms with E-state index in [1.165, 1.54) is 18.2 Å². The molecule has 36 heavy (non-hydrogen) atoms. The summed E-state index contributed by atoms with van der Waals surface area (Å²) in [5, 5.41) is 0. The summed E-state index contributed by atoms with van der Waals surface area (Å²) in [5.74, 6) is -3.34. The van der Waals surface area contributed by atoms with Gasteiger partial charge in [0, 0.05) is 5.56 Å². The predicted molar refractivity (Wildman–Crippen MR) is 131 cm³/mol. The Bertz CT molecular complexity index is 1170.